The van der Waals surface area contributed by atoms with E-state index in [9.17, 15) is 4.79 Å². The van der Waals surface area contributed by atoms with Crippen molar-refractivity contribution in [3.8, 4) is 0 Å². The summed E-state index contributed by atoms with van der Waals surface area (Å²) in [6.07, 6.45) is 7.12. The topological polar surface area (TPSA) is 79.2 Å². The van der Waals surface area contributed by atoms with Gasteiger partial charge < -0.3 is 15.7 Å². The van der Waals surface area contributed by atoms with Crippen LogP contribution in [-0.4, -0.2) is 33.6 Å². The number of carbonyl (C=O) groups is 1. The Bertz CT molecular complexity index is 536. The molecule has 3 N–H and O–H groups in total. The summed E-state index contributed by atoms with van der Waals surface area (Å²) < 4.78 is 2.12. The second-order valence-electron chi connectivity index (χ2n) is 6.49. The third kappa shape index (κ3) is 3.61. The van der Waals surface area contributed by atoms with Crippen molar-refractivity contribution in [3.05, 3.63) is 17.0 Å². The molecular formula is C16H26N4O2. The summed E-state index contributed by atoms with van der Waals surface area (Å²) in [6, 6.07) is 0.997. The molecule has 122 valence electrons. The molecular weight excluding hydrogens is 280 g/mol. The predicted molar refractivity (Wildman–Crippen MR) is 84.1 cm³/mol. The minimum Gasteiger partial charge on any atom is -0.465 e. The Labute approximate surface area is 131 Å². The molecule has 0 spiro atoms. The molecule has 6 nitrogen and oxygen atoms in total. The molecule has 3 rings (SSSR count). The van der Waals surface area contributed by atoms with Gasteiger partial charge in [-0.15, -0.1) is 0 Å². The highest BCUT2D eigenvalue weighted by molar-refractivity contribution is 5.64. The van der Waals surface area contributed by atoms with E-state index in [4.69, 9.17) is 10.2 Å². The van der Waals surface area contributed by atoms with Crippen LogP contribution in [0.1, 0.15) is 62.0 Å². The van der Waals surface area contributed by atoms with E-state index in [1.54, 1.807) is 0 Å². The highest BCUT2D eigenvalue weighted by atomic mass is 16.4. The third-order valence-electron chi connectivity index (χ3n) is 4.58. The van der Waals surface area contributed by atoms with Crippen molar-refractivity contribution in [1.82, 2.24) is 20.4 Å². The maximum absolute atomic E-state index is 10.5. The van der Waals surface area contributed by atoms with E-state index in [1.807, 2.05) is 0 Å². The number of nitrogens with zero attached hydrogens (tertiary/aromatic N) is 2. The normalized spacial score (nSPS) is 18.8. The lowest BCUT2D eigenvalue weighted by molar-refractivity contribution is 0.194. The van der Waals surface area contributed by atoms with Crippen LogP contribution in [0.5, 0.6) is 0 Å². The van der Waals surface area contributed by atoms with Gasteiger partial charge in [0.1, 0.15) is 0 Å². The summed E-state index contributed by atoms with van der Waals surface area (Å²) in [5.74, 6) is 0. The highest BCUT2D eigenvalue weighted by Crippen LogP contribution is 2.30. The first-order valence-corrected chi connectivity index (χ1v) is 8.46. The first-order chi connectivity index (χ1) is 10.6. The number of amides is 1. The van der Waals surface area contributed by atoms with Gasteiger partial charge in [0.15, 0.2) is 0 Å². The average molecular weight is 306 g/mol. The van der Waals surface area contributed by atoms with Crippen LogP contribution >= 0.6 is 0 Å². The van der Waals surface area contributed by atoms with Gasteiger partial charge in [-0.05, 0) is 57.4 Å². The van der Waals surface area contributed by atoms with E-state index in [-0.39, 0.29) is 0 Å². The number of aryl methyl sites for hydroxylation is 1. The predicted octanol–water partition coefficient (Wildman–Crippen LogP) is 2.23. The molecule has 1 heterocycles. The molecule has 1 aromatic rings. The molecule has 2 aliphatic rings. The smallest absolute Gasteiger partial charge is 0.404 e. The van der Waals surface area contributed by atoms with Crippen LogP contribution in [-0.2, 0) is 19.4 Å². The molecule has 0 unspecified atom stereocenters. The standard InChI is InChI=1S/C16H26N4O2/c1-11(18-12-7-8-12)15-13-5-2-3-6-14(13)20(19-15)10-4-9-17-16(21)22/h11-12,17-18H,2-10H2,1H3,(H,21,22)/t11-/m1/s1. The SMILES string of the molecule is C[C@@H](NC1CC1)c1nn(CCCNC(=O)O)c2c1CCCC2. The monoisotopic (exact) mass is 306 g/mol. The summed E-state index contributed by atoms with van der Waals surface area (Å²) in [7, 11) is 0. The molecule has 1 fully saturated rings. The van der Waals surface area contributed by atoms with Crippen LogP contribution in [0.15, 0.2) is 0 Å². The van der Waals surface area contributed by atoms with Crippen molar-refractivity contribution < 1.29 is 9.90 Å². The number of hydrogen-bond donors (Lipinski definition) is 3. The molecule has 1 atom stereocenters. The summed E-state index contributed by atoms with van der Waals surface area (Å²) in [4.78, 5) is 10.5. The summed E-state index contributed by atoms with van der Waals surface area (Å²) >= 11 is 0. The Kier molecular flexibility index (Phi) is 4.66. The van der Waals surface area contributed by atoms with Gasteiger partial charge in [0.2, 0.25) is 0 Å². The van der Waals surface area contributed by atoms with Gasteiger partial charge in [0.25, 0.3) is 0 Å². The third-order valence-corrected chi connectivity index (χ3v) is 4.58. The second kappa shape index (κ2) is 6.69. The van der Waals surface area contributed by atoms with Crippen molar-refractivity contribution >= 4 is 6.09 Å². The maximum atomic E-state index is 10.5. The van der Waals surface area contributed by atoms with Crippen LogP contribution in [0.2, 0.25) is 0 Å². The molecule has 6 heteroatoms. The van der Waals surface area contributed by atoms with Gasteiger partial charge in [0.05, 0.1) is 5.69 Å². The minimum absolute atomic E-state index is 0.317. The first-order valence-electron chi connectivity index (χ1n) is 8.46. The Morgan fingerprint density at radius 1 is 1.41 bits per heavy atom. The van der Waals surface area contributed by atoms with E-state index in [1.165, 1.54) is 42.6 Å². The number of aromatic nitrogens is 2. The van der Waals surface area contributed by atoms with Crippen LogP contribution in [0.25, 0.3) is 0 Å². The molecule has 0 aromatic carbocycles. The van der Waals surface area contributed by atoms with E-state index in [2.05, 4.69) is 22.2 Å². The fourth-order valence-electron chi connectivity index (χ4n) is 3.34. The molecule has 1 aromatic heterocycles. The molecule has 0 aliphatic heterocycles. The highest BCUT2D eigenvalue weighted by Gasteiger charge is 2.28. The maximum Gasteiger partial charge on any atom is 0.404 e. The fraction of sp³-hybridized carbons (Fsp3) is 0.750. The number of nitrogens with one attached hydrogen (secondary N) is 2. The lowest BCUT2D eigenvalue weighted by Crippen LogP contribution is -2.23. The number of fused-ring (bicyclic) bond motifs is 1. The van der Waals surface area contributed by atoms with Gasteiger partial charge in [-0.1, -0.05) is 0 Å². The molecule has 0 radical (unpaired) electrons. The fourth-order valence-corrected chi connectivity index (χ4v) is 3.34. The second-order valence-corrected chi connectivity index (χ2v) is 6.49. The number of hydrogen-bond acceptors (Lipinski definition) is 3. The summed E-state index contributed by atoms with van der Waals surface area (Å²) in [5, 5.41) is 19.6. The van der Waals surface area contributed by atoms with E-state index >= 15 is 0 Å². The van der Waals surface area contributed by atoms with Gasteiger partial charge in [-0.2, -0.15) is 5.10 Å². The lowest BCUT2D eigenvalue weighted by Gasteiger charge is -2.16. The minimum atomic E-state index is -0.953. The number of rotatable bonds is 7. The van der Waals surface area contributed by atoms with Crippen molar-refractivity contribution in [2.45, 2.75) is 70.5 Å². The van der Waals surface area contributed by atoms with Crippen LogP contribution in [0, 0.1) is 0 Å². The zero-order chi connectivity index (χ0) is 15.5. The zero-order valence-electron chi connectivity index (χ0n) is 13.3. The van der Waals surface area contributed by atoms with Crippen molar-refractivity contribution in [2.24, 2.45) is 0 Å². The van der Waals surface area contributed by atoms with E-state index in [0.29, 0.717) is 18.6 Å². The van der Waals surface area contributed by atoms with E-state index < -0.39 is 6.09 Å². The first kappa shape index (κ1) is 15.3. The molecule has 2 aliphatic carbocycles. The Balaban J connectivity index is 1.68. The van der Waals surface area contributed by atoms with Crippen molar-refractivity contribution in [1.29, 1.82) is 0 Å². The Morgan fingerprint density at radius 3 is 2.91 bits per heavy atom. The molecule has 1 amide bonds. The quantitative estimate of drug-likeness (QED) is 0.675. The average Bonchev–Trinajstić information content (AvgIpc) is 3.23. The van der Waals surface area contributed by atoms with Gasteiger partial charge >= 0.3 is 6.09 Å². The Hall–Kier alpha value is -1.56. The number of carboxylic acid groups (broad SMARTS) is 1. The summed E-state index contributed by atoms with van der Waals surface area (Å²) in [6.45, 7) is 3.49. The molecule has 0 saturated heterocycles. The van der Waals surface area contributed by atoms with Crippen LogP contribution < -0.4 is 10.6 Å². The summed E-state index contributed by atoms with van der Waals surface area (Å²) in [5.41, 5.74) is 4.03. The molecule has 22 heavy (non-hydrogen) atoms. The van der Waals surface area contributed by atoms with Crippen LogP contribution in [0.3, 0.4) is 0 Å². The van der Waals surface area contributed by atoms with E-state index in [0.717, 1.165) is 25.8 Å². The zero-order valence-corrected chi connectivity index (χ0v) is 13.3. The van der Waals surface area contributed by atoms with Gasteiger partial charge in [0, 0.05) is 30.9 Å². The van der Waals surface area contributed by atoms with Crippen molar-refractivity contribution in [3.63, 3.8) is 0 Å². The van der Waals surface area contributed by atoms with Gasteiger partial charge in [-0.25, -0.2) is 4.79 Å². The lowest BCUT2D eigenvalue weighted by atomic mass is 9.94. The van der Waals surface area contributed by atoms with Gasteiger partial charge in [-0.3, -0.25) is 4.68 Å². The Morgan fingerprint density at radius 2 is 2.18 bits per heavy atom. The largest absolute Gasteiger partial charge is 0.465 e. The van der Waals surface area contributed by atoms with Crippen LogP contribution in [0.4, 0.5) is 4.79 Å². The molecule has 0 bridgehead atoms. The molecule has 1 saturated carbocycles. The van der Waals surface area contributed by atoms with Crippen molar-refractivity contribution in [2.75, 3.05) is 6.54 Å².